The van der Waals surface area contributed by atoms with Gasteiger partial charge in [-0.15, -0.1) is 0 Å². The van der Waals surface area contributed by atoms with Crippen molar-refractivity contribution in [3.63, 3.8) is 0 Å². The fourth-order valence-electron chi connectivity index (χ4n) is 2.31. The molecule has 0 aliphatic heterocycles. The molecule has 2 aromatic carbocycles. The van der Waals surface area contributed by atoms with E-state index in [2.05, 4.69) is 15.9 Å². The number of halogens is 1. The molecule has 140 valence electrons. The molecule has 0 spiro atoms. The highest BCUT2D eigenvalue weighted by Gasteiger charge is 2.06. The zero-order chi connectivity index (χ0) is 18.6. The lowest BCUT2D eigenvalue weighted by atomic mass is 10.2. The molecule has 4 nitrogen and oxygen atoms in total. The summed E-state index contributed by atoms with van der Waals surface area (Å²) in [5.41, 5.74) is 2.13. The Hall–Kier alpha value is -1.82. The molecule has 0 aliphatic rings. The lowest BCUT2D eigenvalue weighted by Crippen LogP contribution is -2.18. The number of hydrogen-bond donors (Lipinski definition) is 0. The van der Waals surface area contributed by atoms with Crippen molar-refractivity contribution in [1.29, 1.82) is 0 Å². The quantitative estimate of drug-likeness (QED) is 0.375. The Labute approximate surface area is 163 Å². The fraction of sp³-hybridized carbons (Fsp3) is 0.333. The van der Waals surface area contributed by atoms with Crippen LogP contribution in [0.5, 0.6) is 11.5 Å². The van der Waals surface area contributed by atoms with Gasteiger partial charge in [0.25, 0.3) is 0 Å². The molecule has 26 heavy (non-hydrogen) atoms. The van der Waals surface area contributed by atoms with Crippen molar-refractivity contribution in [1.82, 2.24) is 0 Å². The second-order valence-electron chi connectivity index (χ2n) is 5.46. The zero-order valence-corrected chi connectivity index (χ0v) is 16.8. The molecule has 2 rings (SSSR count). The number of hydrogen-bond acceptors (Lipinski definition) is 4. The monoisotopic (exact) mass is 420 g/mol. The van der Waals surface area contributed by atoms with Crippen LogP contribution >= 0.6 is 15.9 Å². The Morgan fingerprint density at radius 2 is 1.85 bits per heavy atom. The van der Waals surface area contributed by atoms with E-state index in [1.165, 1.54) is 0 Å². The van der Waals surface area contributed by atoms with E-state index >= 15 is 0 Å². The van der Waals surface area contributed by atoms with E-state index in [0.717, 1.165) is 16.9 Å². The Balaban J connectivity index is 1.91. The standard InChI is InChI=1S/C21H25BrO4/c1-3-24-21(15-22)25-13-7-10-17-11-12-19(20(14-17)23-2)26-16-18-8-5-4-6-9-18/h4-12,14,21H,3,13,15-16H2,1-2H3/b10-7+. The van der Waals surface area contributed by atoms with Gasteiger partial charge in [0.2, 0.25) is 0 Å². The van der Waals surface area contributed by atoms with Crippen LogP contribution in [0.15, 0.2) is 54.6 Å². The van der Waals surface area contributed by atoms with E-state index in [4.69, 9.17) is 18.9 Å². The number of alkyl halides is 1. The SMILES string of the molecule is CCOC(CBr)OC/C=C/c1ccc(OCc2ccccc2)c(OC)c1. The number of ether oxygens (including phenoxy) is 4. The second-order valence-corrected chi connectivity index (χ2v) is 6.11. The predicted octanol–water partition coefficient (Wildman–Crippen LogP) is 5.06. The number of benzene rings is 2. The molecular weight excluding hydrogens is 396 g/mol. The maximum absolute atomic E-state index is 5.87. The van der Waals surface area contributed by atoms with Gasteiger partial charge in [-0.25, -0.2) is 0 Å². The molecular formula is C21H25BrO4. The maximum Gasteiger partial charge on any atom is 0.167 e. The molecule has 0 N–H and O–H groups in total. The summed E-state index contributed by atoms with van der Waals surface area (Å²) < 4.78 is 22.4. The Morgan fingerprint density at radius 1 is 1.04 bits per heavy atom. The van der Waals surface area contributed by atoms with Gasteiger partial charge in [-0.2, -0.15) is 0 Å². The largest absolute Gasteiger partial charge is 0.493 e. The Morgan fingerprint density at radius 3 is 2.54 bits per heavy atom. The first-order chi connectivity index (χ1) is 12.8. The van der Waals surface area contributed by atoms with Gasteiger partial charge < -0.3 is 18.9 Å². The third-order valence-electron chi connectivity index (χ3n) is 3.59. The summed E-state index contributed by atoms with van der Waals surface area (Å²) in [5.74, 6) is 1.43. The van der Waals surface area contributed by atoms with E-state index in [0.29, 0.717) is 30.9 Å². The molecule has 0 fully saturated rings. The van der Waals surface area contributed by atoms with Crippen LogP contribution in [0.3, 0.4) is 0 Å². The highest BCUT2D eigenvalue weighted by molar-refractivity contribution is 9.09. The van der Waals surface area contributed by atoms with Crippen molar-refractivity contribution >= 4 is 22.0 Å². The van der Waals surface area contributed by atoms with Crippen LogP contribution in [0.1, 0.15) is 18.1 Å². The zero-order valence-electron chi connectivity index (χ0n) is 15.2. The summed E-state index contributed by atoms with van der Waals surface area (Å²) in [6.07, 6.45) is 3.71. The lowest BCUT2D eigenvalue weighted by molar-refractivity contribution is -0.114. The van der Waals surface area contributed by atoms with Gasteiger partial charge >= 0.3 is 0 Å². The highest BCUT2D eigenvalue weighted by atomic mass is 79.9. The van der Waals surface area contributed by atoms with Gasteiger partial charge in [0, 0.05) is 6.61 Å². The summed E-state index contributed by atoms with van der Waals surface area (Å²) in [7, 11) is 1.64. The molecule has 0 amide bonds. The molecule has 0 saturated heterocycles. The van der Waals surface area contributed by atoms with Crippen LogP contribution in [0.4, 0.5) is 0 Å². The normalized spacial score (nSPS) is 12.3. The van der Waals surface area contributed by atoms with Crippen molar-refractivity contribution in [2.75, 3.05) is 25.7 Å². The molecule has 2 aromatic rings. The third kappa shape index (κ3) is 6.83. The van der Waals surface area contributed by atoms with Gasteiger partial charge in [-0.1, -0.05) is 64.5 Å². The van der Waals surface area contributed by atoms with Crippen molar-refractivity contribution in [3.8, 4) is 11.5 Å². The average Bonchev–Trinajstić information content (AvgIpc) is 2.69. The summed E-state index contributed by atoms with van der Waals surface area (Å²) in [6.45, 7) is 3.56. The van der Waals surface area contributed by atoms with Crippen molar-refractivity contribution in [2.45, 2.75) is 19.8 Å². The summed E-state index contributed by atoms with van der Waals surface area (Å²) in [4.78, 5) is 0. The van der Waals surface area contributed by atoms with Crippen LogP contribution in [0.2, 0.25) is 0 Å². The lowest BCUT2D eigenvalue weighted by Gasteiger charge is -2.13. The van der Waals surface area contributed by atoms with Crippen LogP contribution < -0.4 is 9.47 Å². The second kappa shape index (κ2) is 11.7. The van der Waals surface area contributed by atoms with E-state index in [-0.39, 0.29) is 6.29 Å². The molecule has 0 aliphatic carbocycles. The minimum absolute atomic E-state index is 0.229. The van der Waals surface area contributed by atoms with Crippen LogP contribution in [0, 0.1) is 0 Å². The van der Waals surface area contributed by atoms with Gasteiger partial charge in [-0.3, -0.25) is 0 Å². The summed E-state index contributed by atoms with van der Waals surface area (Å²) in [6, 6.07) is 15.9. The van der Waals surface area contributed by atoms with Crippen LogP contribution in [-0.2, 0) is 16.1 Å². The van der Waals surface area contributed by atoms with E-state index in [1.807, 2.05) is 67.6 Å². The summed E-state index contributed by atoms with van der Waals surface area (Å²) in [5, 5.41) is 0.649. The summed E-state index contributed by atoms with van der Waals surface area (Å²) >= 11 is 3.37. The molecule has 0 bridgehead atoms. The van der Waals surface area contributed by atoms with Gasteiger partial charge in [0.1, 0.15) is 6.61 Å². The van der Waals surface area contributed by atoms with Crippen molar-refractivity contribution in [3.05, 3.63) is 65.7 Å². The van der Waals surface area contributed by atoms with Crippen molar-refractivity contribution in [2.24, 2.45) is 0 Å². The topological polar surface area (TPSA) is 36.9 Å². The Kier molecular flexibility index (Phi) is 9.24. The van der Waals surface area contributed by atoms with E-state index < -0.39 is 0 Å². The van der Waals surface area contributed by atoms with Gasteiger partial charge in [-0.05, 0) is 30.2 Å². The Bertz CT molecular complexity index is 673. The van der Waals surface area contributed by atoms with E-state index in [1.54, 1.807) is 7.11 Å². The molecule has 5 heteroatoms. The molecule has 0 aromatic heterocycles. The predicted molar refractivity (Wildman–Crippen MR) is 108 cm³/mol. The molecule has 1 atom stereocenters. The first-order valence-electron chi connectivity index (χ1n) is 8.57. The minimum atomic E-state index is -0.229. The smallest absolute Gasteiger partial charge is 0.167 e. The molecule has 0 saturated carbocycles. The fourth-order valence-corrected chi connectivity index (χ4v) is 2.69. The van der Waals surface area contributed by atoms with Crippen LogP contribution in [0.25, 0.3) is 6.08 Å². The van der Waals surface area contributed by atoms with Crippen molar-refractivity contribution < 1.29 is 18.9 Å². The van der Waals surface area contributed by atoms with Gasteiger partial charge in [0.05, 0.1) is 19.0 Å². The highest BCUT2D eigenvalue weighted by Crippen LogP contribution is 2.29. The van der Waals surface area contributed by atoms with Gasteiger partial charge in [0.15, 0.2) is 17.8 Å². The number of methoxy groups -OCH3 is 1. The minimum Gasteiger partial charge on any atom is -0.493 e. The number of rotatable bonds is 11. The molecule has 0 radical (unpaired) electrons. The molecule has 0 heterocycles. The van der Waals surface area contributed by atoms with Crippen LogP contribution in [-0.4, -0.2) is 31.9 Å². The molecule has 1 unspecified atom stereocenters. The first kappa shape index (κ1) is 20.5. The maximum atomic E-state index is 5.87. The third-order valence-corrected chi connectivity index (χ3v) is 4.12. The first-order valence-corrected chi connectivity index (χ1v) is 9.69. The average molecular weight is 421 g/mol. The van der Waals surface area contributed by atoms with E-state index in [9.17, 15) is 0 Å².